The van der Waals surface area contributed by atoms with Gasteiger partial charge in [0.05, 0.1) is 23.8 Å². The van der Waals surface area contributed by atoms with Crippen LogP contribution in [0.25, 0.3) is 0 Å². The van der Waals surface area contributed by atoms with E-state index < -0.39 is 14.9 Å². The lowest BCUT2D eigenvalue weighted by Crippen LogP contribution is -2.40. The number of hydrazone groups is 1. The maximum atomic E-state index is 13.1. The van der Waals surface area contributed by atoms with Crippen molar-refractivity contribution in [2.45, 2.75) is 49.8 Å². The molecule has 3 rings (SSSR count). The van der Waals surface area contributed by atoms with Gasteiger partial charge in [-0.05, 0) is 31.7 Å². The molecular formula is C18H26N4O5S. The van der Waals surface area contributed by atoms with Gasteiger partial charge in [0.2, 0.25) is 10.0 Å². The van der Waals surface area contributed by atoms with E-state index in [1.54, 1.807) is 0 Å². The normalized spacial score (nSPS) is 19.5. The fraction of sp³-hybridized carbons (Fsp3) is 0.611. The van der Waals surface area contributed by atoms with Crippen LogP contribution in [0.4, 0.5) is 11.4 Å². The Labute approximate surface area is 165 Å². The van der Waals surface area contributed by atoms with Crippen molar-refractivity contribution in [3.8, 4) is 0 Å². The van der Waals surface area contributed by atoms with Crippen molar-refractivity contribution in [1.82, 2.24) is 4.31 Å². The standard InChI is InChI=1S/C18H26N4O5S/c23-22(24)16-8-9-17(20-19-15-6-4-2-1-3-5-7-15)18(14-16)28(25,26)21-10-12-27-13-11-21/h8-9,14,20H,1-7,10-13H2. The fourth-order valence-electron chi connectivity index (χ4n) is 3.42. The summed E-state index contributed by atoms with van der Waals surface area (Å²) in [6, 6.07) is 3.81. The first-order valence-corrected chi connectivity index (χ1v) is 11.1. The van der Waals surface area contributed by atoms with Gasteiger partial charge in [0.25, 0.3) is 5.69 Å². The molecule has 1 heterocycles. The molecule has 0 unspecified atom stereocenters. The number of nitrogens with one attached hydrogen (secondary N) is 1. The smallest absolute Gasteiger partial charge is 0.270 e. The number of nitrogens with zero attached hydrogens (tertiary/aromatic N) is 3. The Kier molecular flexibility index (Phi) is 6.97. The molecule has 1 aromatic rings. The molecule has 154 valence electrons. The van der Waals surface area contributed by atoms with Crippen molar-refractivity contribution < 1.29 is 18.1 Å². The Hall–Kier alpha value is -2.04. The van der Waals surface area contributed by atoms with Crippen LogP contribution in [0.2, 0.25) is 0 Å². The van der Waals surface area contributed by atoms with Crippen LogP contribution in [0.3, 0.4) is 0 Å². The summed E-state index contributed by atoms with van der Waals surface area (Å²) in [5.41, 5.74) is 3.87. The first kappa shape index (κ1) is 20.7. The number of ether oxygens (including phenoxy) is 1. The van der Waals surface area contributed by atoms with E-state index in [1.165, 1.54) is 35.7 Å². The van der Waals surface area contributed by atoms with Crippen molar-refractivity contribution in [2.75, 3.05) is 31.7 Å². The summed E-state index contributed by atoms with van der Waals surface area (Å²) in [7, 11) is -3.90. The van der Waals surface area contributed by atoms with Crippen LogP contribution < -0.4 is 5.43 Å². The van der Waals surface area contributed by atoms with E-state index in [9.17, 15) is 18.5 Å². The molecule has 9 nitrogen and oxygen atoms in total. The van der Waals surface area contributed by atoms with Crippen molar-refractivity contribution >= 4 is 27.1 Å². The predicted molar refractivity (Wildman–Crippen MR) is 106 cm³/mol. The Morgan fingerprint density at radius 2 is 1.71 bits per heavy atom. The van der Waals surface area contributed by atoms with Gasteiger partial charge < -0.3 is 4.74 Å². The first-order valence-electron chi connectivity index (χ1n) is 9.66. The van der Waals surface area contributed by atoms with Gasteiger partial charge in [0.15, 0.2) is 0 Å². The molecule has 2 fully saturated rings. The molecule has 0 radical (unpaired) electrons. The third-order valence-corrected chi connectivity index (χ3v) is 6.97. The minimum Gasteiger partial charge on any atom is -0.379 e. The second kappa shape index (κ2) is 9.44. The van der Waals surface area contributed by atoms with Crippen LogP contribution in [0.5, 0.6) is 0 Å². The van der Waals surface area contributed by atoms with E-state index in [2.05, 4.69) is 10.5 Å². The molecule has 1 aliphatic heterocycles. The van der Waals surface area contributed by atoms with Crippen molar-refractivity contribution in [1.29, 1.82) is 0 Å². The number of rotatable bonds is 5. The number of non-ortho nitro benzene ring substituents is 1. The maximum Gasteiger partial charge on any atom is 0.270 e. The zero-order chi connectivity index (χ0) is 20.0. The number of hydrogen-bond donors (Lipinski definition) is 1. The van der Waals surface area contributed by atoms with E-state index in [0.29, 0.717) is 13.2 Å². The molecule has 0 atom stereocenters. The number of nitro groups is 1. The van der Waals surface area contributed by atoms with Gasteiger partial charge in [-0.1, -0.05) is 19.3 Å². The highest BCUT2D eigenvalue weighted by molar-refractivity contribution is 7.89. The first-order chi connectivity index (χ1) is 13.5. The number of anilines is 1. The zero-order valence-electron chi connectivity index (χ0n) is 15.8. The Bertz CT molecular complexity index is 824. The molecule has 0 amide bonds. The second-order valence-corrected chi connectivity index (χ2v) is 8.92. The quantitative estimate of drug-likeness (QED) is 0.589. The lowest BCUT2D eigenvalue weighted by molar-refractivity contribution is -0.385. The molecule has 28 heavy (non-hydrogen) atoms. The third kappa shape index (κ3) is 5.06. The van der Waals surface area contributed by atoms with Crippen molar-refractivity contribution in [2.24, 2.45) is 5.10 Å². The van der Waals surface area contributed by atoms with E-state index in [4.69, 9.17) is 4.74 Å². The minimum atomic E-state index is -3.90. The van der Waals surface area contributed by atoms with Gasteiger partial charge in [-0.2, -0.15) is 9.41 Å². The highest BCUT2D eigenvalue weighted by Gasteiger charge is 2.30. The number of nitro benzene ring substituents is 1. The van der Waals surface area contributed by atoms with E-state index in [-0.39, 0.29) is 29.4 Å². The third-order valence-electron chi connectivity index (χ3n) is 5.03. The van der Waals surface area contributed by atoms with Crippen LogP contribution in [-0.2, 0) is 14.8 Å². The Balaban J connectivity index is 1.90. The molecule has 1 aliphatic carbocycles. The lowest BCUT2D eigenvalue weighted by atomic mass is 9.99. The largest absolute Gasteiger partial charge is 0.379 e. The highest BCUT2D eigenvalue weighted by atomic mass is 32.2. The van der Waals surface area contributed by atoms with Gasteiger partial charge in [-0.3, -0.25) is 15.5 Å². The van der Waals surface area contributed by atoms with Crippen LogP contribution in [0, 0.1) is 10.1 Å². The van der Waals surface area contributed by atoms with Crippen LogP contribution in [0.1, 0.15) is 44.9 Å². The summed E-state index contributed by atoms with van der Waals surface area (Å²) < 4.78 is 32.7. The molecular weight excluding hydrogens is 384 g/mol. The average molecular weight is 410 g/mol. The van der Waals surface area contributed by atoms with E-state index in [1.807, 2.05) is 0 Å². The van der Waals surface area contributed by atoms with Crippen LogP contribution >= 0.6 is 0 Å². The number of sulfonamides is 1. The molecule has 0 bridgehead atoms. The molecule has 1 N–H and O–H groups in total. The molecule has 2 aliphatic rings. The van der Waals surface area contributed by atoms with E-state index >= 15 is 0 Å². The minimum absolute atomic E-state index is 0.126. The monoisotopic (exact) mass is 410 g/mol. The molecule has 0 aromatic heterocycles. The summed E-state index contributed by atoms with van der Waals surface area (Å²) >= 11 is 0. The van der Waals surface area contributed by atoms with Crippen LogP contribution in [-0.4, -0.2) is 49.7 Å². The predicted octanol–water partition coefficient (Wildman–Crippen LogP) is 3.13. The zero-order valence-corrected chi connectivity index (χ0v) is 16.6. The second-order valence-electron chi connectivity index (χ2n) is 7.01. The van der Waals surface area contributed by atoms with Gasteiger partial charge in [-0.15, -0.1) is 0 Å². The molecule has 1 saturated carbocycles. The lowest BCUT2D eigenvalue weighted by Gasteiger charge is -2.26. The van der Waals surface area contributed by atoms with Gasteiger partial charge in [-0.25, -0.2) is 8.42 Å². The summed E-state index contributed by atoms with van der Waals surface area (Å²) in [4.78, 5) is 10.5. The fourth-order valence-corrected chi connectivity index (χ4v) is 4.99. The van der Waals surface area contributed by atoms with Crippen LogP contribution in [0.15, 0.2) is 28.2 Å². The SMILES string of the molecule is O=[N+]([O-])c1ccc(NN=C2CCCCCCC2)c(S(=O)(=O)N2CCOCC2)c1. The molecule has 1 saturated heterocycles. The number of benzene rings is 1. The van der Waals surface area contributed by atoms with Gasteiger partial charge in [0, 0.05) is 30.9 Å². The number of morpholine rings is 1. The Morgan fingerprint density at radius 3 is 2.36 bits per heavy atom. The average Bonchev–Trinajstić information content (AvgIpc) is 2.67. The van der Waals surface area contributed by atoms with Gasteiger partial charge >= 0.3 is 0 Å². The summed E-state index contributed by atoms with van der Waals surface area (Å²) in [6.45, 7) is 1.05. The molecule has 0 spiro atoms. The summed E-state index contributed by atoms with van der Waals surface area (Å²) in [5, 5.41) is 15.6. The summed E-state index contributed by atoms with van der Waals surface area (Å²) in [6.07, 6.45) is 7.49. The van der Waals surface area contributed by atoms with E-state index in [0.717, 1.165) is 37.5 Å². The Morgan fingerprint density at radius 1 is 1.07 bits per heavy atom. The summed E-state index contributed by atoms with van der Waals surface area (Å²) in [5.74, 6) is 0. The highest BCUT2D eigenvalue weighted by Crippen LogP contribution is 2.30. The number of hydrogen-bond acceptors (Lipinski definition) is 7. The van der Waals surface area contributed by atoms with Crippen molar-refractivity contribution in [3.05, 3.63) is 28.3 Å². The van der Waals surface area contributed by atoms with Gasteiger partial charge in [0.1, 0.15) is 4.90 Å². The maximum absolute atomic E-state index is 13.1. The topological polar surface area (TPSA) is 114 Å². The van der Waals surface area contributed by atoms with Crippen molar-refractivity contribution in [3.63, 3.8) is 0 Å². The molecule has 10 heteroatoms. The molecule has 1 aromatic carbocycles.